The van der Waals surface area contributed by atoms with Crippen molar-refractivity contribution >= 4 is 40.6 Å². The number of aromatic amines is 1. The summed E-state index contributed by atoms with van der Waals surface area (Å²) in [5, 5.41) is 1.67. The van der Waals surface area contributed by atoms with Crippen LogP contribution in [0.15, 0.2) is 24.3 Å². The van der Waals surface area contributed by atoms with Crippen LogP contribution in [0.25, 0.3) is 10.9 Å². The molecule has 0 aliphatic carbocycles. The van der Waals surface area contributed by atoms with Crippen LogP contribution in [0.1, 0.15) is 0 Å². The Kier molecular flexibility index (Phi) is 2.50. The van der Waals surface area contributed by atoms with Crippen LogP contribution in [0.3, 0.4) is 0 Å². The number of para-hydroxylation sites is 1. The number of benzene rings is 1. The van der Waals surface area contributed by atoms with Gasteiger partial charge in [0, 0.05) is 5.39 Å². The second-order valence-electron chi connectivity index (χ2n) is 2.43. The molecule has 2 aromatic rings. The lowest BCUT2D eigenvalue weighted by Gasteiger charge is -1.92. The minimum Gasteiger partial charge on any atom is -0.397 e. The van der Waals surface area contributed by atoms with E-state index in [9.17, 15) is 0 Å². The highest BCUT2D eigenvalue weighted by Crippen LogP contribution is 2.22. The molecule has 0 fully saturated rings. The second kappa shape index (κ2) is 3.25. The molecule has 2 nitrogen and oxygen atoms in total. The van der Waals surface area contributed by atoms with E-state index in [-0.39, 0.29) is 12.4 Å². The van der Waals surface area contributed by atoms with Crippen molar-refractivity contribution in [1.29, 1.82) is 0 Å². The smallest absolute Gasteiger partial charge is 0.107 e. The third-order valence-electron chi connectivity index (χ3n) is 1.66. The van der Waals surface area contributed by atoms with E-state index in [4.69, 9.17) is 17.3 Å². The van der Waals surface area contributed by atoms with Crippen molar-refractivity contribution in [2.45, 2.75) is 0 Å². The number of hydrogen-bond donors (Lipinski definition) is 2. The van der Waals surface area contributed by atoms with Gasteiger partial charge in [-0.2, -0.15) is 0 Å². The van der Waals surface area contributed by atoms with Crippen molar-refractivity contribution in [3.8, 4) is 0 Å². The van der Waals surface area contributed by atoms with Crippen molar-refractivity contribution in [2.24, 2.45) is 0 Å². The molecule has 0 aliphatic rings. The fraction of sp³-hybridized carbons (Fsp3) is 0. The average molecular weight is 203 g/mol. The van der Waals surface area contributed by atoms with E-state index >= 15 is 0 Å². The molecule has 1 heterocycles. The van der Waals surface area contributed by atoms with Crippen LogP contribution >= 0.6 is 24.0 Å². The van der Waals surface area contributed by atoms with E-state index in [2.05, 4.69) is 4.98 Å². The first-order valence-electron chi connectivity index (χ1n) is 3.30. The van der Waals surface area contributed by atoms with Gasteiger partial charge >= 0.3 is 0 Å². The number of aromatic nitrogens is 1. The molecular weight excluding hydrogens is 195 g/mol. The zero-order chi connectivity index (χ0) is 7.84. The molecule has 2 rings (SSSR count). The molecule has 4 heteroatoms. The van der Waals surface area contributed by atoms with Gasteiger partial charge in [-0.05, 0) is 12.1 Å². The highest BCUT2D eigenvalue weighted by molar-refractivity contribution is 6.30. The summed E-state index contributed by atoms with van der Waals surface area (Å²) in [6.07, 6.45) is 0. The Labute approximate surface area is 81.1 Å². The molecule has 1 aromatic heterocycles. The van der Waals surface area contributed by atoms with Gasteiger partial charge in [-0.15, -0.1) is 12.4 Å². The molecule has 0 saturated carbocycles. The first kappa shape index (κ1) is 9.23. The molecule has 0 atom stereocenters. The highest BCUT2D eigenvalue weighted by Gasteiger charge is 1.99. The zero-order valence-electron chi connectivity index (χ0n) is 6.17. The molecule has 64 valence electrons. The summed E-state index contributed by atoms with van der Waals surface area (Å²) in [6, 6.07) is 7.57. The molecule has 0 spiro atoms. The van der Waals surface area contributed by atoms with Gasteiger partial charge in [0.2, 0.25) is 0 Å². The maximum atomic E-state index is 5.74. The molecule has 0 aliphatic heterocycles. The zero-order valence-corrected chi connectivity index (χ0v) is 7.75. The third kappa shape index (κ3) is 1.36. The average Bonchev–Trinajstić information content (AvgIpc) is 2.31. The van der Waals surface area contributed by atoms with Crippen molar-refractivity contribution in [3.05, 3.63) is 29.4 Å². The number of fused-ring (bicyclic) bond motifs is 1. The van der Waals surface area contributed by atoms with E-state index < -0.39 is 0 Å². The van der Waals surface area contributed by atoms with Crippen molar-refractivity contribution in [2.75, 3.05) is 5.73 Å². The Hall–Kier alpha value is -0.860. The lowest BCUT2D eigenvalue weighted by atomic mass is 10.2. The van der Waals surface area contributed by atoms with Gasteiger partial charge in [0.1, 0.15) is 5.15 Å². The SMILES string of the molecule is Cl.Nc1cccc2cc(Cl)[nH]c12. The summed E-state index contributed by atoms with van der Waals surface area (Å²) >= 11 is 5.74. The topological polar surface area (TPSA) is 41.8 Å². The van der Waals surface area contributed by atoms with Crippen molar-refractivity contribution in [1.82, 2.24) is 4.98 Å². The van der Waals surface area contributed by atoms with E-state index in [1.54, 1.807) is 0 Å². The first-order chi connectivity index (χ1) is 5.27. The van der Waals surface area contributed by atoms with Crippen LogP contribution in [0.2, 0.25) is 5.15 Å². The minimum absolute atomic E-state index is 0. The third-order valence-corrected chi connectivity index (χ3v) is 1.86. The highest BCUT2D eigenvalue weighted by atomic mass is 35.5. The van der Waals surface area contributed by atoms with Gasteiger partial charge < -0.3 is 10.7 Å². The monoisotopic (exact) mass is 202 g/mol. The van der Waals surface area contributed by atoms with Crippen molar-refractivity contribution in [3.63, 3.8) is 0 Å². The maximum absolute atomic E-state index is 5.74. The minimum atomic E-state index is 0. The summed E-state index contributed by atoms with van der Waals surface area (Å²) in [5.74, 6) is 0. The number of nitrogens with two attached hydrogens (primary N) is 1. The van der Waals surface area contributed by atoms with E-state index in [0.29, 0.717) is 5.15 Å². The predicted molar refractivity (Wildman–Crippen MR) is 55.0 cm³/mol. The summed E-state index contributed by atoms with van der Waals surface area (Å²) < 4.78 is 0. The van der Waals surface area contributed by atoms with E-state index in [0.717, 1.165) is 16.6 Å². The Morgan fingerprint density at radius 1 is 1.33 bits per heavy atom. The van der Waals surface area contributed by atoms with Gasteiger partial charge in [-0.1, -0.05) is 23.7 Å². The van der Waals surface area contributed by atoms with Crippen LogP contribution in [0.4, 0.5) is 5.69 Å². The van der Waals surface area contributed by atoms with Crippen LogP contribution < -0.4 is 5.73 Å². The van der Waals surface area contributed by atoms with Crippen LogP contribution in [-0.2, 0) is 0 Å². The predicted octanol–water partition coefficient (Wildman–Crippen LogP) is 2.83. The van der Waals surface area contributed by atoms with E-state index in [1.807, 2.05) is 24.3 Å². The molecule has 0 bridgehead atoms. The van der Waals surface area contributed by atoms with Crippen LogP contribution in [0, 0.1) is 0 Å². The molecule has 0 amide bonds. The molecule has 1 aromatic carbocycles. The second-order valence-corrected chi connectivity index (χ2v) is 2.84. The first-order valence-corrected chi connectivity index (χ1v) is 3.68. The Bertz CT molecular complexity index is 395. The molecular formula is C8H8Cl2N2. The summed E-state index contributed by atoms with van der Waals surface area (Å²) in [6.45, 7) is 0. The number of halogens is 2. The molecule has 0 radical (unpaired) electrons. The molecule has 3 N–H and O–H groups in total. The molecule has 0 unspecified atom stereocenters. The standard InChI is InChI=1S/C8H7ClN2.ClH/c9-7-4-5-2-1-3-6(10)8(5)11-7;/h1-4,11H,10H2;1H. The quantitative estimate of drug-likeness (QED) is 0.635. The lowest BCUT2D eigenvalue weighted by Crippen LogP contribution is -1.84. The van der Waals surface area contributed by atoms with Gasteiger partial charge in [0.05, 0.1) is 11.2 Å². The van der Waals surface area contributed by atoms with Gasteiger partial charge in [-0.3, -0.25) is 0 Å². The fourth-order valence-electron chi connectivity index (χ4n) is 1.15. The summed E-state index contributed by atoms with van der Waals surface area (Å²) in [4.78, 5) is 2.97. The Morgan fingerprint density at radius 2 is 2.08 bits per heavy atom. The summed E-state index contributed by atoms with van der Waals surface area (Å²) in [7, 11) is 0. The van der Waals surface area contributed by atoms with E-state index in [1.165, 1.54) is 0 Å². The molecule has 0 saturated heterocycles. The number of H-pyrrole nitrogens is 1. The number of anilines is 1. The maximum Gasteiger partial charge on any atom is 0.107 e. The Balaban J connectivity index is 0.000000720. The fourth-order valence-corrected chi connectivity index (χ4v) is 1.36. The van der Waals surface area contributed by atoms with Gasteiger partial charge in [0.25, 0.3) is 0 Å². The Morgan fingerprint density at radius 3 is 2.75 bits per heavy atom. The number of rotatable bonds is 0. The van der Waals surface area contributed by atoms with Crippen LogP contribution in [-0.4, -0.2) is 4.98 Å². The van der Waals surface area contributed by atoms with Crippen molar-refractivity contribution < 1.29 is 0 Å². The lowest BCUT2D eigenvalue weighted by molar-refractivity contribution is 1.47. The molecule has 12 heavy (non-hydrogen) atoms. The number of nitrogens with one attached hydrogen (secondary N) is 1. The van der Waals surface area contributed by atoms with Gasteiger partial charge in [-0.25, -0.2) is 0 Å². The van der Waals surface area contributed by atoms with Crippen LogP contribution in [0.5, 0.6) is 0 Å². The number of hydrogen-bond acceptors (Lipinski definition) is 1. The largest absolute Gasteiger partial charge is 0.397 e. The normalized spacial score (nSPS) is 9.75. The van der Waals surface area contributed by atoms with Gasteiger partial charge in [0.15, 0.2) is 0 Å². The summed E-state index contributed by atoms with van der Waals surface area (Å²) in [5.41, 5.74) is 7.32. The number of nitrogen functional groups attached to an aromatic ring is 1.